The van der Waals surface area contributed by atoms with Crippen LogP contribution in [0, 0.1) is 0 Å². The number of nitrogens with one attached hydrogen (secondary N) is 3. The van der Waals surface area contributed by atoms with Crippen molar-refractivity contribution in [1.82, 2.24) is 16.0 Å². The highest BCUT2D eigenvalue weighted by atomic mass is 16.8. The van der Waals surface area contributed by atoms with Gasteiger partial charge in [0, 0.05) is 33.1 Å². The molecule has 24 atom stereocenters. The molecule has 4 saturated heterocycles. The maximum Gasteiger partial charge on any atom is 0.364 e. The Labute approximate surface area is 561 Å². The first-order valence-electron chi connectivity index (χ1n) is 34.5. The first kappa shape index (κ1) is 84.9. The average molecular weight is 1390 g/mol. The molecule has 24 unspecified atom stereocenters. The van der Waals surface area contributed by atoms with E-state index in [0.717, 1.165) is 84.5 Å². The lowest BCUT2D eigenvalue weighted by Gasteiger charge is -2.51. The topological polar surface area (TPSA) is 519 Å². The van der Waals surface area contributed by atoms with Crippen LogP contribution >= 0.6 is 0 Å². The van der Waals surface area contributed by atoms with E-state index in [4.69, 9.17) is 37.9 Å². The summed E-state index contributed by atoms with van der Waals surface area (Å²) in [7, 11) is 0. The molecule has 3 amide bonds. The van der Waals surface area contributed by atoms with Crippen molar-refractivity contribution in [2.45, 2.75) is 341 Å². The Morgan fingerprint density at radius 2 is 0.979 bits per heavy atom. The van der Waals surface area contributed by atoms with Gasteiger partial charge in [0.2, 0.25) is 17.7 Å². The third-order valence-corrected chi connectivity index (χ3v) is 18.3. The van der Waals surface area contributed by atoms with E-state index in [9.17, 15) is 106 Å². The Kier molecular flexibility index (Phi) is 38.3. The average Bonchev–Trinajstić information content (AvgIpc) is 0.760. The second-order valence-electron chi connectivity index (χ2n) is 26.1. The number of aliphatic hydroxyl groups excluding tert-OH is 14. The standard InChI is InChI=1S/C64H115N3O29/c1-5-7-9-11-13-15-16-17-18-20-21-23-25-27-39(74)38(67-46(78)28-26-24-22-19-14-12-10-8-6-2)35-89-59-53(83)52(82)55(45(34-71)91-59)92-60-54(84)58(50(80)43(32-69)90-60)96-64(62(87)88)30-41(76)48(66-37(4)73)57(95-64)51(81)44(33-70)93-63(61(85)86)29-40(75)47(65-36(3)72)56(94-63)49(79)42(77)31-68/h38-45,47-60,68-71,74-77,79-84H,5-35H2,1-4H3,(H,65,72)(H,66,73)(H,67,78)(H,85,86)(H,87,88). The molecule has 0 aliphatic carbocycles. The van der Waals surface area contributed by atoms with Gasteiger partial charge in [-0.05, 0) is 12.8 Å². The molecule has 0 aromatic rings. The SMILES string of the molecule is CCCCCCCCCCCCCCCC(O)C(COC1OC(CO)C(OC2OC(CO)C(O)C(OC3(C(=O)O)CC(O)C(NC(C)=O)C(C(O)C(CO)OC4(C(=O)O)CC(O)C(NC(C)=O)C(C(O)C(O)CO)O4)O3)C2O)C(O)C1O)NC(=O)CCCCCCCCCCC. The molecule has 19 N–H and O–H groups in total. The van der Waals surface area contributed by atoms with Gasteiger partial charge in [0.1, 0.15) is 85.5 Å². The van der Waals surface area contributed by atoms with Crippen LogP contribution in [-0.2, 0) is 61.9 Å². The van der Waals surface area contributed by atoms with Gasteiger partial charge in [-0.25, -0.2) is 9.59 Å². The summed E-state index contributed by atoms with van der Waals surface area (Å²) in [5, 5.41) is 185. The normalized spacial score (nSPS) is 32.9. The highest BCUT2D eigenvalue weighted by molar-refractivity contribution is 5.78. The molecule has 4 aliphatic heterocycles. The van der Waals surface area contributed by atoms with Crippen LogP contribution in [0.2, 0.25) is 0 Å². The molecule has 32 heteroatoms. The molecule has 4 aliphatic rings. The van der Waals surface area contributed by atoms with E-state index in [1.54, 1.807) is 0 Å². The number of unbranched alkanes of at least 4 members (excludes halogenated alkanes) is 20. The van der Waals surface area contributed by atoms with Crippen LogP contribution in [0.15, 0.2) is 0 Å². The highest BCUT2D eigenvalue weighted by Gasteiger charge is 2.62. The molecule has 96 heavy (non-hydrogen) atoms. The van der Waals surface area contributed by atoms with Gasteiger partial charge in [0.05, 0.1) is 69.5 Å². The van der Waals surface area contributed by atoms with Crippen molar-refractivity contribution in [3.8, 4) is 0 Å². The predicted molar refractivity (Wildman–Crippen MR) is 335 cm³/mol. The van der Waals surface area contributed by atoms with Gasteiger partial charge in [0.25, 0.3) is 11.6 Å². The molecule has 0 radical (unpaired) electrons. The third-order valence-electron chi connectivity index (χ3n) is 18.3. The van der Waals surface area contributed by atoms with Gasteiger partial charge in [-0.2, -0.15) is 0 Å². The van der Waals surface area contributed by atoms with Gasteiger partial charge < -0.3 is 136 Å². The van der Waals surface area contributed by atoms with Crippen molar-refractivity contribution in [2.75, 3.05) is 33.0 Å². The summed E-state index contributed by atoms with van der Waals surface area (Å²) in [6.45, 7) is 1.11. The molecular weight excluding hydrogens is 1270 g/mol. The molecule has 0 aromatic heterocycles. The van der Waals surface area contributed by atoms with Crippen LogP contribution in [0.5, 0.6) is 0 Å². The largest absolute Gasteiger partial charge is 0.477 e. The number of carboxylic acid groups (broad SMARTS) is 2. The number of hydrogen-bond donors (Lipinski definition) is 19. The van der Waals surface area contributed by atoms with Crippen molar-refractivity contribution in [3.05, 3.63) is 0 Å². The lowest BCUT2D eigenvalue weighted by Crippen LogP contribution is -2.72. The second kappa shape index (κ2) is 43.3. The summed E-state index contributed by atoms with van der Waals surface area (Å²) >= 11 is 0. The van der Waals surface area contributed by atoms with Crippen LogP contribution in [-0.4, -0.2) is 290 Å². The second-order valence-corrected chi connectivity index (χ2v) is 26.1. The van der Waals surface area contributed by atoms with Gasteiger partial charge in [-0.1, -0.05) is 149 Å². The zero-order valence-electron chi connectivity index (χ0n) is 56.1. The van der Waals surface area contributed by atoms with Crippen LogP contribution in [0.3, 0.4) is 0 Å². The molecule has 0 aromatic carbocycles. The van der Waals surface area contributed by atoms with Crippen molar-refractivity contribution < 1.29 is 144 Å². The van der Waals surface area contributed by atoms with Crippen LogP contribution in [0.1, 0.15) is 195 Å². The van der Waals surface area contributed by atoms with E-state index in [1.165, 1.54) is 57.8 Å². The fourth-order valence-corrected chi connectivity index (χ4v) is 12.8. The smallest absolute Gasteiger partial charge is 0.364 e. The maximum atomic E-state index is 13.5. The number of ether oxygens (including phenoxy) is 8. The summed E-state index contributed by atoms with van der Waals surface area (Å²) in [6, 6.07) is -4.63. The molecule has 4 heterocycles. The third kappa shape index (κ3) is 25.2. The van der Waals surface area contributed by atoms with E-state index in [1.807, 2.05) is 0 Å². The van der Waals surface area contributed by atoms with Crippen molar-refractivity contribution >= 4 is 29.7 Å². The molecule has 4 fully saturated rings. The first-order chi connectivity index (χ1) is 45.7. The van der Waals surface area contributed by atoms with E-state index >= 15 is 0 Å². The molecule has 4 rings (SSSR count). The monoisotopic (exact) mass is 1390 g/mol. The number of carbonyl (C=O) groups excluding carboxylic acids is 3. The Morgan fingerprint density at radius 3 is 1.45 bits per heavy atom. The number of rotatable bonds is 47. The van der Waals surface area contributed by atoms with Crippen molar-refractivity contribution in [1.29, 1.82) is 0 Å². The van der Waals surface area contributed by atoms with E-state index in [0.29, 0.717) is 19.3 Å². The van der Waals surface area contributed by atoms with Gasteiger partial charge in [-0.15, -0.1) is 0 Å². The fourth-order valence-electron chi connectivity index (χ4n) is 12.8. The number of carboxylic acids is 2. The molecule has 32 nitrogen and oxygen atoms in total. The number of aliphatic hydroxyl groups is 14. The van der Waals surface area contributed by atoms with Gasteiger partial charge >= 0.3 is 11.9 Å². The Balaban J connectivity index is 1.53. The zero-order chi connectivity index (χ0) is 71.3. The van der Waals surface area contributed by atoms with Gasteiger partial charge in [0.15, 0.2) is 12.6 Å². The number of carbonyl (C=O) groups is 5. The van der Waals surface area contributed by atoms with E-state index in [-0.39, 0.29) is 12.3 Å². The summed E-state index contributed by atoms with van der Waals surface area (Å²) in [4.78, 5) is 64.7. The number of aliphatic carboxylic acids is 2. The Bertz CT molecular complexity index is 2250. The van der Waals surface area contributed by atoms with Crippen molar-refractivity contribution in [3.63, 3.8) is 0 Å². The number of amides is 3. The van der Waals surface area contributed by atoms with Crippen molar-refractivity contribution in [2.24, 2.45) is 0 Å². The van der Waals surface area contributed by atoms with Crippen LogP contribution < -0.4 is 16.0 Å². The fraction of sp³-hybridized carbons (Fsp3) is 0.922. The van der Waals surface area contributed by atoms with Gasteiger partial charge in [-0.3, -0.25) is 14.4 Å². The Hall–Kier alpha value is -3.53. The van der Waals surface area contributed by atoms with Crippen LogP contribution in [0.4, 0.5) is 0 Å². The molecule has 560 valence electrons. The minimum absolute atomic E-state index is 0.177. The summed E-state index contributed by atoms with van der Waals surface area (Å²) < 4.78 is 46.4. The molecule has 0 spiro atoms. The molecular formula is C64H115N3O29. The van der Waals surface area contributed by atoms with E-state index < -0.39 is 216 Å². The van der Waals surface area contributed by atoms with Crippen LogP contribution in [0.25, 0.3) is 0 Å². The zero-order valence-corrected chi connectivity index (χ0v) is 56.1. The molecule has 0 bridgehead atoms. The number of hydrogen-bond acceptors (Lipinski definition) is 27. The maximum absolute atomic E-state index is 13.5. The minimum atomic E-state index is -3.38. The minimum Gasteiger partial charge on any atom is -0.477 e. The highest BCUT2D eigenvalue weighted by Crippen LogP contribution is 2.41. The first-order valence-corrected chi connectivity index (χ1v) is 34.5. The lowest BCUT2D eigenvalue weighted by atomic mass is 9.87. The summed E-state index contributed by atoms with van der Waals surface area (Å²) in [5.41, 5.74) is 0. The lowest BCUT2D eigenvalue weighted by molar-refractivity contribution is -0.388. The van der Waals surface area contributed by atoms with E-state index in [2.05, 4.69) is 29.8 Å². The summed E-state index contributed by atoms with van der Waals surface area (Å²) in [6.07, 6.45) is -17.9. The summed E-state index contributed by atoms with van der Waals surface area (Å²) in [5.74, 6) is -13.1. The molecule has 0 saturated carbocycles. The quantitative estimate of drug-likeness (QED) is 0.0300. The Morgan fingerprint density at radius 1 is 0.521 bits per heavy atom. The predicted octanol–water partition coefficient (Wildman–Crippen LogP) is -1.78.